The van der Waals surface area contributed by atoms with Crippen LogP contribution in [0.4, 0.5) is 0 Å². The van der Waals surface area contributed by atoms with Gasteiger partial charge in [-0.2, -0.15) is 0 Å². The van der Waals surface area contributed by atoms with Gasteiger partial charge >= 0.3 is 0 Å². The van der Waals surface area contributed by atoms with E-state index in [0.717, 1.165) is 6.42 Å². The lowest BCUT2D eigenvalue weighted by atomic mass is 9.68. The molecule has 0 amide bonds. The summed E-state index contributed by atoms with van der Waals surface area (Å²) in [5.74, 6) is 2.21. The lowest BCUT2D eigenvalue weighted by Gasteiger charge is -2.36. The number of carbonyl (C=O) groups excluding carboxylic acids is 1. The van der Waals surface area contributed by atoms with Crippen LogP contribution in [-0.2, 0) is 4.79 Å². The summed E-state index contributed by atoms with van der Waals surface area (Å²) in [7, 11) is 0. The van der Waals surface area contributed by atoms with Crippen LogP contribution in [0.25, 0.3) is 0 Å². The van der Waals surface area contributed by atoms with E-state index >= 15 is 0 Å². The minimum absolute atomic E-state index is 0.186. The van der Waals surface area contributed by atoms with Gasteiger partial charge in [0.1, 0.15) is 5.78 Å². The molecule has 68 valence electrons. The minimum Gasteiger partial charge on any atom is -0.299 e. The van der Waals surface area contributed by atoms with Gasteiger partial charge in [-0.15, -0.1) is 11.6 Å². The molecular formula is C10H15ClO. The summed E-state index contributed by atoms with van der Waals surface area (Å²) in [6, 6.07) is 0. The van der Waals surface area contributed by atoms with Gasteiger partial charge in [-0.3, -0.25) is 4.79 Å². The fourth-order valence-corrected chi connectivity index (χ4v) is 3.11. The predicted octanol–water partition coefficient (Wildman–Crippen LogP) is 2.62. The van der Waals surface area contributed by atoms with Gasteiger partial charge in [-0.25, -0.2) is 0 Å². The number of alkyl halides is 1. The molecule has 0 heterocycles. The molecular weight excluding hydrogens is 172 g/mol. The maximum absolute atomic E-state index is 11.7. The number of hydrogen-bond donors (Lipinski definition) is 0. The van der Waals surface area contributed by atoms with E-state index in [1.54, 1.807) is 0 Å². The Bertz CT molecular complexity index is 214. The molecule has 1 nitrogen and oxygen atoms in total. The molecule has 0 N–H and O–H groups in total. The van der Waals surface area contributed by atoms with Crippen molar-refractivity contribution in [3.8, 4) is 0 Å². The van der Waals surface area contributed by atoms with Crippen molar-refractivity contribution in [3.63, 3.8) is 0 Å². The number of Topliss-reactive ketones (excluding diaryl/α,β-unsaturated/α-hetero) is 1. The zero-order valence-corrected chi connectivity index (χ0v) is 8.23. The third-order valence-corrected chi connectivity index (χ3v) is 4.39. The SMILES string of the molecule is C[C@@]1(CCl)C(=O)C[C@H]2CC[C@@H]1C2. The zero-order chi connectivity index (χ0) is 8.77. The van der Waals surface area contributed by atoms with Crippen LogP contribution in [0.2, 0.25) is 0 Å². The molecule has 2 heteroatoms. The average molecular weight is 187 g/mol. The highest BCUT2D eigenvalue weighted by molar-refractivity contribution is 6.20. The summed E-state index contributed by atoms with van der Waals surface area (Å²) in [5.41, 5.74) is -0.186. The highest BCUT2D eigenvalue weighted by Crippen LogP contribution is 2.50. The lowest BCUT2D eigenvalue weighted by Crippen LogP contribution is -2.40. The quantitative estimate of drug-likeness (QED) is 0.576. The van der Waals surface area contributed by atoms with Gasteiger partial charge in [0.15, 0.2) is 0 Å². The van der Waals surface area contributed by atoms with Crippen molar-refractivity contribution in [2.75, 3.05) is 5.88 Å². The maximum atomic E-state index is 11.7. The van der Waals surface area contributed by atoms with E-state index in [2.05, 4.69) is 6.92 Å². The van der Waals surface area contributed by atoms with Crippen molar-refractivity contribution in [2.24, 2.45) is 17.3 Å². The lowest BCUT2D eigenvalue weighted by molar-refractivity contribution is -0.132. The van der Waals surface area contributed by atoms with E-state index in [1.165, 1.54) is 19.3 Å². The fourth-order valence-electron chi connectivity index (χ4n) is 2.75. The molecule has 0 aromatic heterocycles. The Morgan fingerprint density at radius 3 is 3.00 bits per heavy atom. The smallest absolute Gasteiger partial charge is 0.140 e. The Labute approximate surface area is 78.5 Å². The Balaban J connectivity index is 2.26. The van der Waals surface area contributed by atoms with Crippen LogP contribution < -0.4 is 0 Å². The highest BCUT2D eigenvalue weighted by atomic mass is 35.5. The molecule has 0 spiro atoms. The Hall–Kier alpha value is -0.0400. The molecule has 0 aromatic carbocycles. The van der Waals surface area contributed by atoms with Gasteiger partial charge < -0.3 is 0 Å². The monoisotopic (exact) mass is 186 g/mol. The van der Waals surface area contributed by atoms with Crippen molar-refractivity contribution in [2.45, 2.75) is 32.6 Å². The van der Waals surface area contributed by atoms with Crippen LogP contribution in [-0.4, -0.2) is 11.7 Å². The molecule has 0 aromatic rings. The summed E-state index contributed by atoms with van der Waals surface area (Å²) in [6.45, 7) is 2.05. The Morgan fingerprint density at radius 2 is 2.33 bits per heavy atom. The van der Waals surface area contributed by atoms with Gasteiger partial charge in [0.05, 0.1) is 0 Å². The molecule has 2 fully saturated rings. The summed E-state index contributed by atoms with van der Waals surface area (Å²) in [4.78, 5) is 11.7. The van der Waals surface area contributed by atoms with Gasteiger partial charge in [-0.1, -0.05) is 6.92 Å². The van der Waals surface area contributed by atoms with Crippen LogP contribution in [0.15, 0.2) is 0 Å². The third kappa shape index (κ3) is 1.02. The molecule has 0 aliphatic heterocycles. The fraction of sp³-hybridized carbons (Fsp3) is 0.900. The standard InChI is InChI=1S/C10H15ClO/c1-10(6-11)8-3-2-7(4-8)5-9(10)12/h7-8H,2-6H2,1H3/t7-,8+,10-/m0/s1. The average Bonchev–Trinajstić information content (AvgIpc) is 2.47. The van der Waals surface area contributed by atoms with Crippen LogP contribution in [0, 0.1) is 17.3 Å². The third-order valence-electron chi connectivity index (χ3n) is 3.83. The van der Waals surface area contributed by atoms with Gasteiger partial charge in [-0.05, 0) is 31.1 Å². The molecule has 2 aliphatic rings. The molecule has 2 rings (SSSR count). The molecule has 2 bridgehead atoms. The van der Waals surface area contributed by atoms with E-state index in [4.69, 9.17) is 11.6 Å². The second kappa shape index (κ2) is 2.73. The van der Waals surface area contributed by atoms with Gasteiger partial charge in [0, 0.05) is 17.7 Å². The molecule has 0 saturated heterocycles. The van der Waals surface area contributed by atoms with Gasteiger partial charge in [0.25, 0.3) is 0 Å². The molecule has 2 saturated carbocycles. The second-order valence-electron chi connectivity index (χ2n) is 4.55. The topological polar surface area (TPSA) is 17.1 Å². The Morgan fingerprint density at radius 1 is 1.58 bits per heavy atom. The summed E-state index contributed by atoms with van der Waals surface area (Å²) >= 11 is 5.89. The van der Waals surface area contributed by atoms with Crippen molar-refractivity contribution in [1.29, 1.82) is 0 Å². The first-order valence-corrected chi connectivity index (χ1v) is 5.29. The first-order chi connectivity index (χ1) is 5.66. The molecule has 0 radical (unpaired) electrons. The zero-order valence-electron chi connectivity index (χ0n) is 7.48. The van der Waals surface area contributed by atoms with Gasteiger partial charge in [0.2, 0.25) is 0 Å². The number of rotatable bonds is 1. The number of halogens is 1. The number of carbonyl (C=O) groups is 1. The molecule has 2 aliphatic carbocycles. The van der Waals surface area contributed by atoms with Crippen molar-refractivity contribution in [3.05, 3.63) is 0 Å². The molecule has 0 unspecified atom stereocenters. The first-order valence-electron chi connectivity index (χ1n) is 4.76. The molecule has 12 heavy (non-hydrogen) atoms. The first kappa shape index (κ1) is 8.55. The number of fused-ring (bicyclic) bond motifs is 2. The van der Waals surface area contributed by atoms with Crippen LogP contribution in [0.5, 0.6) is 0 Å². The van der Waals surface area contributed by atoms with E-state index in [-0.39, 0.29) is 5.41 Å². The summed E-state index contributed by atoms with van der Waals surface area (Å²) in [5, 5.41) is 0. The largest absolute Gasteiger partial charge is 0.299 e. The Kier molecular flexibility index (Phi) is 1.95. The molecule has 3 atom stereocenters. The second-order valence-corrected chi connectivity index (χ2v) is 4.82. The summed E-state index contributed by atoms with van der Waals surface area (Å²) in [6.07, 6.45) is 4.51. The highest BCUT2D eigenvalue weighted by Gasteiger charge is 2.48. The van der Waals surface area contributed by atoms with Crippen LogP contribution in [0.3, 0.4) is 0 Å². The summed E-state index contributed by atoms with van der Waals surface area (Å²) < 4.78 is 0. The van der Waals surface area contributed by atoms with E-state index < -0.39 is 0 Å². The number of hydrogen-bond acceptors (Lipinski definition) is 1. The van der Waals surface area contributed by atoms with Crippen molar-refractivity contribution >= 4 is 17.4 Å². The van der Waals surface area contributed by atoms with Crippen LogP contribution in [0.1, 0.15) is 32.6 Å². The number of ketones is 1. The van der Waals surface area contributed by atoms with E-state index in [9.17, 15) is 4.79 Å². The predicted molar refractivity (Wildman–Crippen MR) is 49.3 cm³/mol. The van der Waals surface area contributed by atoms with Crippen LogP contribution >= 0.6 is 11.6 Å². The minimum atomic E-state index is -0.186. The van der Waals surface area contributed by atoms with E-state index in [0.29, 0.717) is 23.5 Å². The van der Waals surface area contributed by atoms with Crippen molar-refractivity contribution in [1.82, 2.24) is 0 Å². The normalized spacial score (nSPS) is 46.7. The van der Waals surface area contributed by atoms with Crippen molar-refractivity contribution < 1.29 is 4.79 Å². The van der Waals surface area contributed by atoms with E-state index in [1.807, 2.05) is 0 Å². The maximum Gasteiger partial charge on any atom is 0.140 e.